The molecule has 0 atom stereocenters. The van der Waals surface area contributed by atoms with E-state index in [0.29, 0.717) is 10.3 Å². The van der Waals surface area contributed by atoms with E-state index in [-0.39, 0.29) is 5.56 Å². The summed E-state index contributed by atoms with van der Waals surface area (Å²) >= 11 is 3.24. The predicted octanol–water partition coefficient (Wildman–Crippen LogP) is 3.68. The Morgan fingerprint density at radius 2 is 2.00 bits per heavy atom. The number of rotatable bonds is 2. The highest BCUT2D eigenvalue weighted by Gasteiger charge is 2.10. The number of anilines is 1. The van der Waals surface area contributed by atoms with E-state index in [0.717, 1.165) is 17.7 Å². The minimum atomic E-state index is -1.06. The summed E-state index contributed by atoms with van der Waals surface area (Å²) in [7, 11) is 0. The number of hydrogen-bond donors (Lipinski definition) is 1. The lowest BCUT2D eigenvalue weighted by atomic mass is 10.2. The zero-order chi connectivity index (χ0) is 14.0. The van der Waals surface area contributed by atoms with Crippen LogP contribution in [0.15, 0.2) is 35.1 Å². The van der Waals surface area contributed by atoms with E-state index in [1.807, 2.05) is 6.92 Å². The molecule has 1 aromatic carbocycles. The molecule has 0 saturated carbocycles. The number of hydrogen-bond acceptors (Lipinski definition) is 2. The lowest BCUT2D eigenvalue weighted by Crippen LogP contribution is -2.12. The van der Waals surface area contributed by atoms with Gasteiger partial charge in [-0.25, -0.2) is 13.8 Å². The van der Waals surface area contributed by atoms with Gasteiger partial charge in [-0.2, -0.15) is 0 Å². The van der Waals surface area contributed by atoms with E-state index in [2.05, 4.69) is 26.2 Å². The molecule has 0 unspecified atom stereocenters. The summed E-state index contributed by atoms with van der Waals surface area (Å²) in [5.41, 5.74) is 1.37. The summed E-state index contributed by atoms with van der Waals surface area (Å²) < 4.78 is 26.5. The fourth-order valence-corrected chi connectivity index (χ4v) is 1.68. The fraction of sp³-hybridized carbons (Fsp3) is 0.0769. The SMILES string of the molecule is Cc1cc(NC(=O)c2ccc(F)c(F)c2)cnc1Br. The van der Waals surface area contributed by atoms with E-state index >= 15 is 0 Å². The Bertz CT molecular complexity index is 647. The molecule has 0 fully saturated rings. The molecular formula is C13H9BrF2N2O. The molecule has 0 aliphatic heterocycles. The van der Waals surface area contributed by atoms with Crippen LogP contribution >= 0.6 is 15.9 Å². The summed E-state index contributed by atoms with van der Waals surface area (Å²) in [6, 6.07) is 4.70. The summed E-state index contributed by atoms with van der Waals surface area (Å²) in [6.45, 7) is 1.82. The molecule has 2 aromatic rings. The highest BCUT2D eigenvalue weighted by atomic mass is 79.9. The smallest absolute Gasteiger partial charge is 0.255 e. The molecule has 0 radical (unpaired) electrons. The van der Waals surface area contributed by atoms with Crippen molar-refractivity contribution in [3.05, 3.63) is 57.8 Å². The molecule has 0 spiro atoms. The Morgan fingerprint density at radius 1 is 1.26 bits per heavy atom. The van der Waals surface area contributed by atoms with Crippen LogP contribution in [0.4, 0.5) is 14.5 Å². The maximum atomic E-state index is 13.0. The second-order valence-corrected chi connectivity index (χ2v) is 4.67. The van der Waals surface area contributed by atoms with E-state index in [1.54, 1.807) is 6.07 Å². The molecule has 0 aliphatic carbocycles. The van der Waals surface area contributed by atoms with Gasteiger partial charge >= 0.3 is 0 Å². The van der Waals surface area contributed by atoms with Crippen molar-refractivity contribution in [1.82, 2.24) is 4.98 Å². The van der Waals surface area contributed by atoms with Crippen molar-refractivity contribution in [1.29, 1.82) is 0 Å². The number of nitrogens with one attached hydrogen (secondary N) is 1. The highest BCUT2D eigenvalue weighted by molar-refractivity contribution is 9.10. The van der Waals surface area contributed by atoms with Crippen LogP contribution in [0.25, 0.3) is 0 Å². The number of carbonyl (C=O) groups is 1. The van der Waals surface area contributed by atoms with Gasteiger partial charge in [-0.15, -0.1) is 0 Å². The van der Waals surface area contributed by atoms with Crippen LogP contribution in [-0.4, -0.2) is 10.9 Å². The predicted molar refractivity (Wildman–Crippen MR) is 71.0 cm³/mol. The third kappa shape index (κ3) is 3.14. The summed E-state index contributed by atoms with van der Waals surface area (Å²) in [5, 5.41) is 2.56. The lowest BCUT2D eigenvalue weighted by Gasteiger charge is -2.06. The van der Waals surface area contributed by atoms with E-state index in [1.165, 1.54) is 12.3 Å². The Hall–Kier alpha value is -1.82. The van der Waals surface area contributed by atoms with Gasteiger partial charge < -0.3 is 5.32 Å². The van der Waals surface area contributed by atoms with Crippen LogP contribution < -0.4 is 5.32 Å². The van der Waals surface area contributed by atoms with E-state index < -0.39 is 17.5 Å². The number of amides is 1. The second kappa shape index (κ2) is 5.44. The monoisotopic (exact) mass is 326 g/mol. The van der Waals surface area contributed by atoms with Crippen molar-refractivity contribution in [2.24, 2.45) is 0 Å². The number of pyridine rings is 1. The molecule has 0 bridgehead atoms. The first kappa shape index (κ1) is 13.6. The fourth-order valence-electron chi connectivity index (χ4n) is 1.47. The molecule has 1 heterocycles. The molecule has 0 aliphatic rings. The molecule has 19 heavy (non-hydrogen) atoms. The lowest BCUT2D eigenvalue weighted by molar-refractivity contribution is 0.102. The molecular weight excluding hydrogens is 318 g/mol. The molecule has 1 amide bonds. The van der Waals surface area contributed by atoms with Crippen LogP contribution in [0.2, 0.25) is 0 Å². The van der Waals surface area contributed by atoms with Gasteiger partial charge in [0.1, 0.15) is 4.60 Å². The number of halogens is 3. The Kier molecular flexibility index (Phi) is 3.90. The molecule has 6 heteroatoms. The maximum Gasteiger partial charge on any atom is 0.255 e. The van der Waals surface area contributed by atoms with Crippen molar-refractivity contribution in [2.75, 3.05) is 5.32 Å². The van der Waals surface area contributed by atoms with Crippen LogP contribution in [-0.2, 0) is 0 Å². The van der Waals surface area contributed by atoms with Crippen molar-refractivity contribution in [3.8, 4) is 0 Å². The maximum absolute atomic E-state index is 13.0. The molecule has 98 valence electrons. The molecule has 2 rings (SSSR count). The van der Waals surface area contributed by atoms with Gasteiger partial charge in [0.2, 0.25) is 0 Å². The number of carbonyl (C=O) groups excluding carboxylic acids is 1. The van der Waals surface area contributed by atoms with Crippen LogP contribution in [0.3, 0.4) is 0 Å². The minimum Gasteiger partial charge on any atom is -0.321 e. The summed E-state index contributed by atoms with van der Waals surface area (Å²) in [4.78, 5) is 15.9. The van der Waals surface area contributed by atoms with Crippen LogP contribution in [0.5, 0.6) is 0 Å². The van der Waals surface area contributed by atoms with Crippen LogP contribution in [0, 0.1) is 18.6 Å². The third-order valence-corrected chi connectivity index (χ3v) is 3.28. The van der Waals surface area contributed by atoms with Crippen molar-refractivity contribution in [2.45, 2.75) is 6.92 Å². The second-order valence-electron chi connectivity index (χ2n) is 3.91. The Morgan fingerprint density at radius 3 is 2.63 bits per heavy atom. The summed E-state index contributed by atoms with van der Waals surface area (Å²) in [6.07, 6.45) is 1.47. The first-order valence-electron chi connectivity index (χ1n) is 5.36. The molecule has 1 aromatic heterocycles. The molecule has 0 saturated heterocycles. The number of aryl methyl sites for hydroxylation is 1. The zero-order valence-electron chi connectivity index (χ0n) is 9.88. The van der Waals surface area contributed by atoms with Gasteiger partial charge in [-0.3, -0.25) is 4.79 Å². The van der Waals surface area contributed by atoms with Gasteiger partial charge in [0.25, 0.3) is 5.91 Å². The van der Waals surface area contributed by atoms with Crippen LogP contribution in [0.1, 0.15) is 15.9 Å². The normalized spacial score (nSPS) is 10.3. The van der Waals surface area contributed by atoms with Crippen molar-refractivity contribution in [3.63, 3.8) is 0 Å². The van der Waals surface area contributed by atoms with Gasteiger partial charge in [-0.1, -0.05) is 0 Å². The van der Waals surface area contributed by atoms with Crippen molar-refractivity contribution < 1.29 is 13.6 Å². The van der Waals surface area contributed by atoms with Gasteiger partial charge in [0.15, 0.2) is 11.6 Å². The molecule has 1 N–H and O–H groups in total. The zero-order valence-corrected chi connectivity index (χ0v) is 11.5. The number of aromatic nitrogens is 1. The first-order chi connectivity index (χ1) is 8.97. The Labute approximate surface area is 116 Å². The van der Waals surface area contributed by atoms with Crippen molar-refractivity contribution >= 4 is 27.5 Å². The molecule has 3 nitrogen and oxygen atoms in total. The third-order valence-electron chi connectivity index (χ3n) is 2.45. The van der Waals surface area contributed by atoms with E-state index in [4.69, 9.17) is 0 Å². The standard InChI is InChI=1S/C13H9BrF2N2O/c1-7-4-9(6-17-12(7)14)18-13(19)8-2-3-10(15)11(16)5-8/h2-6H,1H3,(H,18,19). The van der Waals surface area contributed by atoms with Gasteiger partial charge in [0, 0.05) is 5.56 Å². The summed E-state index contributed by atoms with van der Waals surface area (Å²) in [5.74, 6) is -2.57. The average Bonchev–Trinajstić information content (AvgIpc) is 2.37. The van der Waals surface area contributed by atoms with Gasteiger partial charge in [0.05, 0.1) is 11.9 Å². The average molecular weight is 327 g/mol. The number of nitrogens with zero attached hydrogens (tertiary/aromatic N) is 1. The topological polar surface area (TPSA) is 42.0 Å². The largest absolute Gasteiger partial charge is 0.321 e. The Balaban J connectivity index is 2.20. The number of benzene rings is 1. The quantitative estimate of drug-likeness (QED) is 0.855. The highest BCUT2D eigenvalue weighted by Crippen LogP contribution is 2.17. The first-order valence-corrected chi connectivity index (χ1v) is 6.15. The minimum absolute atomic E-state index is 0.0412. The van der Waals surface area contributed by atoms with E-state index in [9.17, 15) is 13.6 Å². The van der Waals surface area contributed by atoms with Gasteiger partial charge in [-0.05, 0) is 52.7 Å².